The Bertz CT molecular complexity index is 1280. The molecule has 0 atom stereocenters. The number of rotatable bonds is 5. The molecule has 0 spiro atoms. The van der Waals surface area contributed by atoms with Crippen molar-refractivity contribution < 1.29 is 4.74 Å². The molecule has 4 aromatic rings. The Hall–Kier alpha value is -3.64. The van der Waals surface area contributed by atoms with Gasteiger partial charge in [0.1, 0.15) is 17.3 Å². The van der Waals surface area contributed by atoms with Gasteiger partial charge in [-0.05, 0) is 49.7 Å². The summed E-state index contributed by atoms with van der Waals surface area (Å²) in [5.41, 5.74) is 4.93. The van der Waals surface area contributed by atoms with Crippen molar-refractivity contribution >= 4 is 23.3 Å². The number of benzene rings is 3. The molecule has 0 radical (unpaired) electrons. The van der Waals surface area contributed by atoms with Gasteiger partial charge in [0.2, 0.25) is 0 Å². The highest BCUT2D eigenvalue weighted by Crippen LogP contribution is 2.31. The topological polar surface area (TPSA) is 55.5 Å². The molecule has 32 heavy (non-hydrogen) atoms. The highest BCUT2D eigenvalue weighted by Gasteiger charge is 2.26. The van der Waals surface area contributed by atoms with Crippen LogP contribution in [0.3, 0.4) is 0 Å². The molecular weight excluding hydrogens is 422 g/mol. The standard InChI is InChI=1S/C25H22ClN5O/c1-3-32-21-14-8-18(9-15-21)16-30-25-28-27-17(2)31(25)23-7-5-4-6-22(23)24(29-30)19-10-12-20(26)13-11-19/h4-15H,3,16H2,1-2H3. The van der Waals surface area contributed by atoms with E-state index in [1.807, 2.05) is 79.5 Å². The third kappa shape index (κ3) is 3.74. The maximum absolute atomic E-state index is 6.15. The van der Waals surface area contributed by atoms with Crippen molar-refractivity contribution in [3.8, 4) is 11.4 Å². The fraction of sp³-hybridized carbons (Fsp3) is 0.160. The molecule has 0 saturated heterocycles. The molecule has 1 aliphatic rings. The summed E-state index contributed by atoms with van der Waals surface area (Å²) in [6.07, 6.45) is 0. The Morgan fingerprint density at radius 2 is 1.66 bits per heavy atom. The molecule has 0 fully saturated rings. The van der Waals surface area contributed by atoms with Crippen LogP contribution in [0.25, 0.3) is 5.69 Å². The Balaban J connectivity index is 1.64. The zero-order valence-corrected chi connectivity index (χ0v) is 18.6. The van der Waals surface area contributed by atoms with Crippen molar-refractivity contribution in [3.63, 3.8) is 0 Å². The first-order valence-electron chi connectivity index (χ1n) is 10.5. The van der Waals surface area contributed by atoms with Gasteiger partial charge in [-0.25, -0.2) is 5.01 Å². The number of hydrogen-bond donors (Lipinski definition) is 0. The van der Waals surface area contributed by atoms with E-state index in [1.54, 1.807) is 0 Å². The van der Waals surface area contributed by atoms with Crippen LogP contribution in [0.5, 0.6) is 5.75 Å². The lowest BCUT2D eigenvalue weighted by molar-refractivity contribution is 0.340. The Morgan fingerprint density at radius 3 is 2.41 bits per heavy atom. The zero-order chi connectivity index (χ0) is 22.1. The van der Waals surface area contributed by atoms with Crippen LogP contribution in [-0.2, 0) is 6.54 Å². The summed E-state index contributed by atoms with van der Waals surface area (Å²) < 4.78 is 7.63. The second kappa shape index (κ2) is 8.48. The molecule has 1 aromatic heterocycles. The highest BCUT2D eigenvalue weighted by molar-refractivity contribution is 6.30. The summed E-state index contributed by atoms with van der Waals surface area (Å²) in [5.74, 6) is 2.33. The van der Waals surface area contributed by atoms with Crippen LogP contribution in [0.2, 0.25) is 5.02 Å². The molecule has 0 bridgehead atoms. The summed E-state index contributed by atoms with van der Waals surface area (Å²) in [6, 6.07) is 24.0. The molecule has 0 aliphatic carbocycles. The van der Waals surface area contributed by atoms with Crippen LogP contribution in [0.15, 0.2) is 77.9 Å². The van der Waals surface area contributed by atoms with E-state index < -0.39 is 0 Å². The van der Waals surface area contributed by atoms with Gasteiger partial charge in [-0.1, -0.05) is 54.1 Å². The van der Waals surface area contributed by atoms with E-state index >= 15 is 0 Å². The molecule has 5 rings (SSSR count). The summed E-state index contributed by atoms with van der Waals surface area (Å²) in [6.45, 7) is 5.11. The number of para-hydroxylation sites is 1. The van der Waals surface area contributed by atoms with Gasteiger partial charge in [-0.2, -0.15) is 5.10 Å². The number of fused-ring (bicyclic) bond motifs is 3. The molecule has 7 heteroatoms. The third-order valence-corrected chi connectivity index (χ3v) is 5.60. The van der Waals surface area contributed by atoms with Crippen LogP contribution in [0, 0.1) is 6.92 Å². The average molecular weight is 444 g/mol. The quantitative estimate of drug-likeness (QED) is 0.414. The average Bonchev–Trinajstić information content (AvgIpc) is 3.13. The fourth-order valence-corrected chi connectivity index (χ4v) is 3.97. The van der Waals surface area contributed by atoms with E-state index in [0.717, 1.165) is 39.7 Å². The van der Waals surface area contributed by atoms with Gasteiger partial charge in [0.25, 0.3) is 5.95 Å². The highest BCUT2D eigenvalue weighted by atomic mass is 35.5. The predicted octanol–water partition coefficient (Wildman–Crippen LogP) is 5.40. The van der Waals surface area contributed by atoms with Gasteiger partial charge in [-0.15, -0.1) is 10.2 Å². The molecule has 0 saturated carbocycles. The molecule has 0 unspecified atom stereocenters. The Labute approximate surface area is 191 Å². The van der Waals surface area contributed by atoms with Gasteiger partial charge in [-0.3, -0.25) is 4.57 Å². The van der Waals surface area contributed by atoms with Crippen molar-refractivity contribution in [2.24, 2.45) is 5.10 Å². The maximum Gasteiger partial charge on any atom is 0.252 e. The summed E-state index contributed by atoms with van der Waals surface area (Å²) in [4.78, 5) is 0. The van der Waals surface area contributed by atoms with Gasteiger partial charge in [0, 0.05) is 16.1 Å². The monoisotopic (exact) mass is 443 g/mol. The number of nitrogens with zero attached hydrogens (tertiary/aromatic N) is 5. The SMILES string of the molecule is CCOc1ccc(CN2N=C(c3ccc(Cl)cc3)c3ccccc3-n3c(C)nnc32)cc1. The summed E-state index contributed by atoms with van der Waals surface area (Å²) in [7, 11) is 0. The number of aromatic nitrogens is 3. The molecule has 6 nitrogen and oxygen atoms in total. The largest absolute Gasteiger partial charge is 0.494 e. The van der Waals surface area contributed by atoms with Crippen LogP contribution in [-0.4, -0.2) is 27.1 Å². The Kier molecular flexibility index (Phi) is 5.37. The van der Waals surface area contributed by atoms with E-state index in [9.17, 15) is 0 Å². The number of hydrazone groups is 1. The zero-order valence-electron chi connectivity index (χ0n) is 17.9. The van der Waals surface area contributed by atoms with Crippen molar-refractivity contribution in [2.45, 2.75) is 20.4 Å². The molecular formula is C25H22ClN5O. The molecule has 2 heterocycles. The predicted molar refractivity (Wildman–Crippen MR) is 127 cm³/mol. The molecule has 1 aliphatic heterocycles. The van der Waals surface area contributed by atoms with Crippen molar-refractivity contribution in [2.75, 3.05) is 11.6 Å². The minimum absolute atomic E-state index is 0.537. The lowest BCUT2D eigenvalue weighted by Gasteiger charge is -2.18. The van der Waals surface area contributed by atoms with E-state index in [4.69, 9.17) is 21.4 Å². The lowest BCUT2D eigenvalue weighted by Crippen LogP contribution is -2.20. The molecule has 160 valence electrons. The van der Waals surface area contributed by atoms with Crippen LogP contribution < -0.4 is 9.75 Å². The van der Waals surface area contributed by atoms with Crippen LogP contribution in [0.1, 0.15) is 29.4 Å². The molecule has 0 N–H and O–H groups in total. The van der Waals surface area contributed by atoms with Crippen LogP contribution >= 0.6 is 11.6 Å². The van der Waals surface area contributed by atoms with E-state index in [0.29, 0.717) is 24.1 Å². The van der Waals surface area contributed by atoms with E-state index in [-0.39, 0.29) is 0 Å². The summed E-state index contributed by atoms with van der Waals surface area (Å²) >= 11 is 6.15. The van der Waals surface area contributed by atoms with E-state index in [1.165, 1.54) is 0 Å². The minimum atomic E-state index is 0.537. The Morgan fingerprint density at radius 1 is 0.906 bits per heavy atom. The number of ether oxygens (including phenoxy) is 1. The van der Waals surface area contributed by atoms with Crippen molar-refractivity contribution in [1.29, 1.82) is 0 Å². The lowest BCUT2D eigenvalue weighted by atomic mass is 10.0. The second-order valence-electron chi connectivity index (χ2n) is 7.49. The maximum atomic E-state index is 6.15. The first-order chi connectivity index (χ1) is 15.6. The smallest absolute Gasteiger partial charge is 0.252 e. The molecule has 0 amide bonds. The van der Waals surface area contributed by atoms with Gasteiger partial charge in [0.15, 0.2) is 0 Å². The first kappa shape index (κ1) is 20.3. The third-order valence-electron chi connectivity index (χ3n) is 5.34. The number of hydrogen-bond acceptors (Lipinski definition) is 5. The normalized spacial score (nSPS) is 12.6. The van der Waals surface area contributed by atoms with E-state index in [2.05, 4.69) is 26.9 Å². The number of anilines is 1. The van der Waals surface area contributed by atoms with Gasteiger partial charge >= 0.3 is 0 Å². The fourth-order valence-electron chi connectivity index (χ4n) is 3.85. The van der Waals surface area contributed by atoms with Gasteiger partial charge in [0.05, 0.1) is 18.8 Å². The number of halogens is 1. The van der Waals surface area contributed by atoms with Crippen molar-refractivity contribution in [3.05, 3.63) is 100 Å². The number of aryl methyl sites for hydroxylation is 1. The van der Waals surface area contributed by atoms with Crippen LogP contribution in [0.4, 0.5) is 5.95 Å². The van der Waals surface area contributed by atoms with Crippen molar-refractivity contribution in [1.82, 2.24) is 14.8 Å². The minimum Gasteiger partial charge on any atom is -0.494 e. The second-order valence-corrected chi connectivity index (χ2v) is 7.93. The first-order valence-corrected chi connectivity index (χ1v) is 10.9. The van der Waals surface area contributed by atoms with Gasteiger partial charge < -0.3 is 4.74 Å². The summed E-state index contributed by atoms with van der Waals surface area (Å²) in [5, 5.41) is 16.5. The molecule has 3 aromatic carbocycles.